The molecule has 0 aromatic heterocycles. The number of carboxylic acids is 1. The largest absolute Gasteiger partial charge is 0.479 e. The summed E-state index contributed by atoms with van der Waals surface area (Å²) in [5.74, 6) is -2.39. The van der Waals surface area contributed by atoms with Crippen molar-refractivity contribution in [2.24, 2.45) is 11.1 Å². The van der Waals surface area contributed by atoms with E-state index >= 15 is 0 Å². The number of allylic oxidation sites excluding steroid dienone is 1. The van der Waals surface area contributed by atoms with Crippen LogP contribution in [0.15, 0.2) is 59.8 Å². The minimum absolute atomic E-state index is 0.0607. The monoisotopic (exact) mass is 630 g/mol. The number of alkyl carbamates (subject to hydrolysis) is 1. The lowest BCUT2D eigenvalue weighted by Crippen LogP contribution is -2.56. The van der Waals surface area contributed by atoms with Crippen molar-refractivity contribution in [2.75, 3.05) is 6.54 Å². The number of oxime groups is 1. The fourth-order valence-electron chi connectivity index (χ4n) is 6.94. The molecule has 2 aliphatic carbocycles. The molecule has 2 aliphatic heterocycles. The first-order valence-electron chi connectivity index (χ1n) is 16.5. The van der Waals surface area contributed by atoms with E-state index in [2.05, 4.69) is 15.8 Å². The quantitative estimate of drug-likeness (QED) is 0.239. The molecule has 3 N–H and O–H groups in total. The number of aliphatic carboxylic acids is 1. The average Bonchev–Trinajstić information content (AvgIpc) is 3.32. The number of carboxylic acid groups (broad SMARTS) is 1. The molecule has 2 heterocycles. The second-order valence-corrected chi connectivity index (χ2v) is 13.0. The van der Waals surface area contributed by atoms with E-state index in [-0.39, 0.29) is 25.0 Å². The number of carbonyl (C=O) groups is 4. The molecule has 0 unspecified atom stereocenters. The van der Waals surface area contributed by atoms with Crippen LogP contribution in [0.2, 0.25) is 0 Å². The van der Waals surface area contributed by atoms with E-state index in [1.54, 1.807) is 6.21 Å². The Bertz CT molecular complexity index is 1520. The van der Waals surface area contributed by atoms with Gasteiger partial charge in [-0.05, 0) is 73.8 Å². The summed E-state index contributed by atoms with van der Waals surface area (Å²) in [5.41, 5.74) is -0.570. The zero-order chi connectivity index (χ0) is 32.1. The van der Waals surface area contributed by atoms with Crippen LogP contribution in [-0.4, -0.2) is 76.5 Å². The number of hydrogen-bond acceptors (Lipinski definition) is 7. The van der Waals surface area contributed by atoms with Crippen molar-refractivity contribution in [1.29, 1.82) is 0 Å². The fraction of sp³-hybridized carbons (Fsp3) is 0.514. The SMILES string of the molecule is O=C(N[C@H]1CCCCC/C=C\[C@@H]2C[C@]2(C(=O)O)NC(=O)[C@@H]2C[C@@H](O/N=C/c3ccc4ccccc4c3)CN2C1=O)OC1CCCC1. The van der Waals surface area contributed by atoms with E-state index in [1.807, 2.05) is 54.6 Å². The topological polar surface area (TPSA) is 147 Å². The average molecular weight is 631 g/mol. The third-order valence-electron chi connectivity index (χ3n) is 9.67. The first-order valence-corrected chi connectivity index (χ1v) is 16.5. The zero-order valence-corrected chi connectivity index (χ0v) is 25.9. The van der Waals surface area contributed by atoms with Crippen molar-refractivity contribution in [3.05, 3.63) is 60.2 Å². The van der Waals surface area contributed by atoms with Crippen molar-refractivity contribution in [1.82, 2.24) is 15.5 Å². The third kappa shape index (κ3) is 7.18. The van der Waals surface area contributed by atoms with Crippen LogP contribution in [0.1, 0.15) is 76.2 Å². The summed E-state index contributed by atoms with van der Waals surface area (Å²) >= 11 is 0. The van der Waals surface area contributed by atoms with Gasteiger partial charge in [0.25, 0.3) is 0 Å². The van der Waals surface area contributed by atoms with Gasteiger partial charge >= 0.3 is 12.1 Å². The fourth-order valence-corrected chi connectivity index (χ4v) is 6.94. The molecule has 6 rings (SSSR count). The van der Waals surface area contributed by atoms with Crippen molar-refractivity contribution in [3.63, 3.8) is 0 Å². The standard InChI is InChI=1S/C35H42N4O7/c40-31-30-19-28(46-36-21-23-16-17-24-10-6-7-11-25(24)18-23)22-39(30)32(41)29(37-34(44)45-27-13-8-9-14-27)15-5-3-1-2-4-12-26-20-35(26,38-31)33(42)43/h4,6-7,10-12,16-18,21,26-30H,1-3,5,8-9,13-15,19-20,22H2,(H,37,44)(H,38,40)(H,42,43)/b12-4-,36-21+/t26-,28-,29+,30+,35+/m1/s1. The van der Waals surface area contributed by atoms with E-state index < -0.39 is 47.6 Å². The Balaban J connectivity index is 1.21. The molecule has 3 fully saturated rings. The highest BCUT2D eigenvalue weighted by Gasteiger charge is 2.61. The molecular weight excluding hydrogens is 588 g/mol. The Labute approximate surface area is 268 Å². The highest BCUT2D eigenvalue weighted by molar-refractivity contribution is 5.96. The molecule has 46 heavy (non-hydrogen) atoms. The van der Waals surface area contributed by atoms with Gasteiger partial charge in [0.15, 0.2) is 0 Å². The van der Waals surface area contributed by atoms with Gasteiger partial charge in [0.1, 0.15) is 29.8 Å². The van der Waals surface area contributed by atoms with E-state index in [0.29, 0.717) is 19.3 Å². The van der Waals surface area contributed by atoms with Gasteiger partial charge in [-0.2, -0.15) is 0 Å². The third-order valence-corrected chi connectivity index (χ3v) is 9.67. The van der Waals surface area contributed by atoms with Gasteiger partial charge in [0.2, 0.25) is 11.8 Å². The number of benzene rings is 2. The van der Waals surface area contributed by atoms with Gasteiger partial charge < -0.3 is 30.2 Å². The summed E-state index contributed by atoms with van der Waals surface area (Å²) in [6, 6.07) is 12.0. The Morgan fingerprint density at radius 3 is 2.59 bits per heavy atom. The number of amides is 3. The maximum Gasteiger partial charge on any atom is 0.408 e. The molecule has 2 saturated carbocycles. The Kier molecular flexibility index (Phi) is 9.56. The van der Waals surface area contributed by atoms with Gasteiger partial charge in [-0.25, -0.2) is 9.59 Å². The molecule has 1 saturated heterocycles. The first-order chi connectivity index (χ1) is 22.3. The highest BCUT2D eigenvalue weighted by Crippen LogP contribution is 2.45. The maximum absolute atomic E-state index is 14.1. The van der Waals surface area contributed by atoms with Crippen molar-refractivity contribution in [3.8, 4) is 0 Å². The summed E-state index contributed by atoms with van der Waals surface area (Å²) < 4.78 is 5.60. The first kappa shape index (κ1) is 31.6. The predicted octanol–water partition coefficient (Wildman–Crippen LogP) is 4.68. The molecule has 2 aromatic carbocycles. The summed E-state index contributed by atoms with van der Waals surface area (Å²) in [7, 11) is 0. The number of hydrogen-bond donors (Lipinski definition) is 3. The van der Waals surface area contributed by atoms with Crippen LogP contribution < -0.4 is 10.6 Å². The Hall–Kier alpha value is -4.41. The molecule has 4 aliphatic rings. The highest BCUT2D eigenvalue weighted by atomic mass is 16.6. The number of nitrogens with one attached hydrogen (secondary N) is 2. The molecule has 2 aromatic rings. The minimum atomic E-state index is -1.40. The molecule has 11 heteroatoms. The summed E-state index contributed by atoms with van der Waals surface area (Å²) in [4.78, 5) is 60.3. The zero-order valence-electron chi connectivity index (χ0n) is 25.9. The van der Waals surface area contributed by atoms with E-state index in [1.165, 1.54) is 4.90 Å². The number of carbonyl (C=O) groups excluding carboxylic acids is 3. The van der Waals surface area contributed by atoms with Crippen LogP contribution in [0.5, 0.6) is 0 Å². The molecule has 0 spiro atoms. The van der Waals surface area contributed by atoms with Gasteiger partial charge in [-0.3, -0.25) is 9.59 Å². The maximum atomic E-state index is 14.1. The van der Waals surface area contributed by atoms with Crippen LogP contribution >= 0.6 is 0 Å². The summed E-state index contributed by atoms with van der Waals surface area (Å²) in [5, 5.41) is 22.0. The van der Waals surface area contributed by atoms with Crippen LogP contribution in [-0.2, 0) is 24.0 Å². The number of fused-ring (bicyclic) bond motifs is 3. The lowest BCUT2D eigenvalue weighted by molar-refractivity contribution is -0.145. The normalized spacial score (nSPS) is 29.7. The van der Waals surface area contributed by atoms with E-state index in [9.17, 15) is 24.3 Å². The lowest BCUT2D eigenvalue weighted by Gasteiger charge is -2.29. The minimum Gasteiger partial charge on any atom is -0.479 e. The molecule has 0 radical (unpaired) electrons. The predicted molar refractivity (Wildman–Crippen MR) is 171 cm³/mol. The number of ether oxygens (including phenoxy) is 1. The van der Waals surface area contributed by atoms with Crippen molar-refractivity contribution >= 4 is 40.9 Å². The molecule has 0 bridgehead atoms. The smallest absolute Gasteiger partial charge is 0.408 e. The number of nitrogens with zero attached hydrogens (tertiary/aromatic N) is 2. The van der Waals surface area contributed by atoms with Crippen LogP contribution in [0.25, 0.3) is 10.8 Å². The van der Waals surface area contributed by atoms with Crippen LogP contribution in [0.3, 0.4) is 0 Å². The molecule has 244 valence electrons. The van der Waals surface area contributed by atoms with Gasteiger partial charge in [-0.1, -0.05) is 66.5 Å². The molecule has 5 atom stereocenters. The van der Waals surface area contributed by atoms with Gasteiger partial charge in [-0.15, -0.1) is 0 Å². The number of rotatable bonds is 6. The Morgan fingerprint density at radius 2 is 1.78 bits per heavy atom. The van der Waals surface area contributed by atoms with Gasteiger partial charge in [0.05, 0.1) is 12.8 Å². The van der Waals surface area contributed by atoms with E-state index in [0.717, 1.165) is 61.3 Å². The van der Waals surface area contributed by atoms with Crippen LogP contribution in [0.4, 0.5) is 4.79 Å². The van der Waals surface area contributed by atoms with E-state index in [4.69, 9.17) is 9.57 Å². The van der Waals surface area contributed by atoms with Crippen molar-refractivity contribution < 1.29 is 33.9 Å². The van der Waals surface area contributed by atoms with Crippen LogP contribution in [0, 0.1) is 5.92 Å². The Morgan fingerprint density at radius 1 is 1.00 bits per heavy atom. The summed E-state index contributed by atoms with van der Waals surface area (Å²) in [6.45, 7) is 0.0607. The summed E-state index contributed by atoms with van der Waals surface area (Å²) in [6.07, 6.45) is 11.6. The second-order valence-electron chi connectivity index (χ2n) is 13.0. The van der Waals surface area contributed by atoms with Crippen molar-refractivity contribution in [2.45, 2.75) is 100 Å². The molecule has 11 nitrogen and oxygen atoms in total. The lowest BCUT2D eigenvalue weighted by atomic mass is 10.0. The van der Waals surface area contributed by atoms with Gasteiger partial charge in [0, 0.05) is 12.3 Å². The molecule has 3 amide bonds. The molecular formula is C35H42N4O7. The second kappa shape index (κ2) is 13.9.